The molecule has 0 saturated carbocycles. The lowest BCUT2D eigenvalue weighted by Crippen LogP contribution is -2.33. The van der Waals surface area contributed by atoms with Crippen LogP contribution in [0, 0.1) is 5.92 Å². The average molecular weight is 381 g/mol. The Hall–Kier alpha value is -2.80. The van der Waals surface area contributed by atoms with Crippen molar-refractivity contribution in [1.82, 2.24) is 20.2 Å². The van der Waals surface area contributed by atoms with E-state index in [2.05, 4.69) is 44.6 Å². The van der Waals surface area contributed by atoms with Crippen molar-refractivity contribution in [2.24, 2.45) is 5.92 Å². The van der Waals surface area contributed by atoms with Crippen LogP contribution in [0.15, 0.2) is 42.9 Å². The molecule has 1 unspecified atom stereocenters. The molecule has 7 nitrogen and oxygen atoms in total. The average Bonchev–Trinajstić information content (AvgIpc) is 2.70. The minimum Gasteiger partial charge on any atom is -0.350 e. The minimum atomic E-state index is -0.336. The van der Waals surface area contributed by atoms with Gasteiger partial charge in [-0.05, 0) is 43.0 Å². The van der Waals surface area contributed by atoms with Crippen LogP contribution in [0.25, 0.3) is 0 Å². The Kier molecular flexibility index (Phi) is 7.08. The number of carbonyl (C=O) groups is 2. The van der Waals surface area contributed by atoms with Crippen molar-refractivity contribution in [1.29, 1.82) is 0 Å². The van der Waals surface area contributed by atoms with E-state index >= 15 is 0 Å². The molecular weight excluding hydrogens is 354 g/mol. The summed E-state index contributed by atoms with van der Waals surface area (Å²) in [5.41, 5.74) is 2.26. The lowest BCUT2D eigenvalue weighted by molar-refractivity contribution is -0.116. The summed E-state index contributed by atoms with van der Waals surface area (Å²) in [7, 11) is 0. The second-order valence-corrected chi connectivity index (χ2v) is 7.32. The highest BCUT2D eigenvalue weighted by molar-refractivity contribution is 5.93. The van der Waals surface area contributed by atoms with Gasteiger partial charge in [-0.1, -0.05) is 19.1 Å². The van der Waals surface area contributed by atoms with Gasteiger partial charge >= 0.3 is 0 Å². The van der Waals surface area contributed by atoms with Gasteiger partial charge < -0.3 is 10.6 Å². The number of rotatable bonds is 7. The molecule has 2 N–H and O–H groups in total. The molecule has 7 heteroatoms. The number of carbonyl (C=O) groups excluding carboxylic acids is 2. The van der Waals surface area contributed by atoms with Crippen molar-refractivity contribution in [2.75, 3.05) is 25.0 Å². The maximum atomic E-state index is 12.1. The van der Waals surface area contributed by atoms with Crippen LogP contribution in [-0.2, 0) is 11.3 Å². The first-order valence-corrected chi connectivity index (χ1v) is 9.75. The van der Waals surface area contributed by atoms with Crippen LogP contribution < -0.4 is 10.6 Å². The van der Waals surface area contributed by atoms with E-state index in [1.165, 1.54) is 37.0 Å². The quantitative estimate of drug-likeness (QED) is 0.769. The van der Waals surface area contributed by atoms with Crippen LogP contribution in [0.5, 0.6) is 0 Å². The van der Waals surface area contributed by atoms with E-state index in [0.717, 1.165) is 31.2 Å². The van der Waals surface area contributed by atoms with Crippen LogP contribution in [0.1, 0.15) is 42.2 Å². The largest absolute Gasteiger partial charge is 0.350 e. The van der Waals surface area contributed by atoms with Crippen molar-refractivity contribution >= 4 is 17.5 Å². The normalized spacial score (nSPS) is 17.1. The third-order valence-electron chi connectivity index (χ3n) is 4.82. The summed E-state index contributed by atoms with van der Waals surface area (Å²) in [5.74, 6) is 0.288. The zero-order valence-electron chi connectivity index (χ0n) is 16.2. The molecule has 2 heterocycles. The second kappa shape index (κ2) is 9.94. The third kappa shape index (κ3) is 6.13. The fraction of sp³-hybridized carbons (Fsp3) is 0.429. The van der Waals surface area contributed by atoms with Gasteiger partial charge in [-0.15, -0.1) is 0 Å². The summed E-state index contributed by atoms with van der Waals surface area (Å²) in [6, 6.07) is 7.98. The Morgan fingerprint density at radius 3 is 2.75 bits per heavy atom. The zero-order chi connectivity index (χ0) is 19.8. The molecule has 2 aromatic rings. The van der Waals surface area contributed by atoms with Crippen molar-refractivity contribution < 1.29 is 9.59 Å². The fourth-order valence-electron chi connectivity index (χ4n) is 3.40. The first kappa shape index (κ1) is 19.9. The molecule has 1 atom stereocenters. The highest BCUT2D eigenvalue weighted by Crippen LogP contribution is 2.18. The first-order chi connectivity index (χ1) is 13.6. The van der Waals surface area contributed by atoms with Gasteiger partial charge in [0, 0.05) is 44.1 Å². The number of hydrogen-bond acceptors (Lipinski definition) is 5. The van der Waals surface area contributed by atoms with Crippen LogP contribution in [0.3, 0.4) is 0 Å². The Morgan fingerprint density at radius 2 is 2.04 bits per heavy atom. The third-order valence-corrected chi connectivity index (χ3v) is 4.82. The summed E-state index contributed by atoms with van der Waals surface area (Å²) in [6.07, 6.45) is 7.13. The van der Waals surface area contributed by atoms with E-state index in [4.69, 9.17) is 0 Å². The number of nitrogens with zero attached hydrogens (tertiary/aromatic N) is 3. The highest BCUT2D eigenvalue weighted by atomic mass is 16.2. The topological polar surface area (TPSA) is 87.2 Å². The number of aromatic nitrogens is 2. The zero-order valence-corrected chi connectivity index (χ0v) is 16.2. The molecule has 1 aliphatic rings. The maximum Gasteiger partial charge on any atom is 0.271 e. The van der Waals surface area contributed by atoms with Crippen LogP contribution in [-0.4, -0.2) is 46.3 Å². The number of piperidine rings is 1. The number of amides is 2. The Bertz CT molecular complexity index is 779. The molecule has 0 bridgehead atoms. The van der Waals surface area contributed by atoms with E-state index in [0.29, 0.717) is 0 Å². The van der Waals surface area contributed by atoms with Gasteiger partial charge in [0.1, 0.15) is 5.69 Å². The predicted octanol–water partition coefficient (Wildman–Crippen LogP) is 2.47. The molecule has 1 aromatic carbocycles. The van der Waals surface area contributed by atoms with E-state index in [1.54, 1.807) is 0 Å². The molecule has 1 fully saturated rings. The highest BCUT2D eigenvalue weighted by Gasteiger charge is 2.16. The standard InChI is InChI=1S/C21H27N5O2/c1-16-3-2-12-26(14-16)15-17-4-6-18(7-5-17)25-20(27)8-9-24-21(28)19-13-22-10-11-23-19/h4-7,10-11,13,16H,2-3,8-9,12,14-15H2,1H3,(H,24,28)(H,25,27). The molecule has 3 rings (SSSR count). The van der Waals surface area contributed by atoms with E-state index in [-0.39, 0.29) is 30.5 Å². The minimum absolute atomic E-state index is 0.142. The molecule has 0 spiro atoms. The number of likely N-dealkylation sites (tertiary alicyclic amines) is 1. The summed E-state index contributed by atoms with van der Waals surface area (Å²) in [5, 5.41) is 5.53. The van der Waals surface area contributed by atoms with Gasteiger partial charge in [0.25, 0.3) is 5.91 Å². The second-order valence-electron chi connectivity index (χ2n) is 7.32. The summed E-state index contributed by atoms with van der Waals surface area (Å²) in [6.45, 7) is 5.81. The molecule has 1 aromatic heterocycles. The summed E-state index contributed by atoms with van der Waals surface area (Å²) >= 11 is 0. The van der Waals surface area contributed by atoms with Crippen molar-refractivity contribution in [3.63, 3.8) is 0 Å². The van der Waals surface area contributed by atoms with E-state index < -0.39 is 0 Å². The summed E-state index contributed by atoms with van der Waals surface area (Å²) < 4.78 is 0. The number of nitrogens with one attached hydrogen (secondary N) is 2. The number of anilines is 1. The molecule has 1 aliphatic heterocycles. The molecule has 1 saturated heterocycles. The monoisotopic (exact) mass is 381 g/mol. The van der Waals surface area contributed by atoms with Gasteiger partial charge in [-0.2, -0.15) is 0 Å². The molecule has 148 valence electrons. The Morgan fingerprint density at radius 1 is 1.21 bits per heavy atom. The van der Waals surface area contributed by atoms with Gasteiger partial charge in [0.2, 0.25) is 5.91 Å². The van der Waals surface area contributed by atoms with Crippen LogP contribution in [0.2, 0.25) is 0 Å². The van der Waals surface area contributed by atoms with Crippen molar-refractivity contribution in [2.45, 2.75) is 32.7 Å². The number of hydrogen-bond donors (Lipinski definition) is 2. The first-order valence-electron chi connectivity index (χ1n) is 9.75. The molecule has 2 amide bonds. The lowest BCUT2D eigenvalue weighted by atomic mass is 10.00. The number of benzene rings is 1. The predicted molar refractivity (Wildman–Crippen MR) is 108 cm³/mol. The maximum absolute atomic E-state index is 12.1. The van der Waals surface area contributed by atoms with Crippen LogP contribution in [0.4, 0.5) is 5.69 Å². The van der Waals surface area contributed by atoms with Gasteiger partial charge in [0.05, 0.1) is 6.20 Å². The van der Waals surface area contributed by atoms with E-state index in [1.807, 2.05) is 12.1 Å². The van der Waals surface area contributed by atoms with E-state index in [9.17, 15) is 9.59 Å². The Labute approximate surface area is 165 Å². The Balaban J connectivity index is 1.40. The summed E-state index contributed by atoms with van der Waals surface area (Å²) in [4.78, 5) is 34.2. The molecule has 0 aliphatic carbocycles. The smallest absolute Gasteiger partial charge is 0.271 e. The van der Waals surface area contributed by atoms with Crippen LogP contribution >= 0.6 is 0 Å². The van der Waals surface area contributed by atoms with Gasteiger partial charge in [-0.25, -0.2) is 4.98 Å². The van der Waals surface area contributed by atoms with Gasteiger partial charge in [-0.3, -0.25) is 19.5 Å². The molecule has 0 radical (unpaired) electrons. The van der Waals surface area contributed by atoms with Crippen molar-refractivity contribution in [3.8, 4) is 0 Å². The molecule has 28 heavy (non-hydrogen) atoms. The molecular formula is C21H27N5O2. The lowest BCUT2D eigenvalue weighted by Gasteiger charge is -2.30. The SMILES string of the molecule is CC1CCCN(Cc2ccc(NC(=O)CCNC(=O)c3cnccn3)cc2)C1. The van der Waals surface area contributed by atoms with Crippen molar-refractivity contribution in [3.05, 3.63) is 54.1 Å². The fourth-order valence-corrected chi connectivity index (χ4v) is 3.40. The van der Waals surface area contributed by atoms with Gasteiger partial charge in [0.15, 0.2) is 0 Å².